The van der Waals surface area contributed by atoms with E-state index in [4.69, 9.17) is 4.74 Å². The van der Waals surface area contributed by atoms with Crippen molar-refractivity contribution < 1.29 is 9.53 Å². The van der Waals surface area contributed by atoms with E-state index in [1.54, 1.807) is 0 Å². The van der Waals surface area contributed by atoms with E-state index in [9.17, 15) is 4.79 Å². The lowest BCUT2D eigenvalue weighted by atomic mass is 9.93. The molecule has 0 aliphatic carbocycles. The number of hydrogen-bond acceptors (Lipinski definition) is 2. The van der Waals surface area contributed by atoms with Crippen molar-refractivity contribution in [3.63, 3.8) is 0 Å². The average Bonchev–Trinajstić information content (AvgIpc) is 2.74. The van der Waals surface area contributed by atoms with Crippen LogP contribution in [-0.4, -0.2) is 19.0 Å². The van der Waals surface area contributed by atoms with Crippen LogP contribution in [0.15, 0.2) is 30.3 Å². The van der Waals surface area contributed by atoms with E-state index >= 15 is 0 Å². The van der Waals surface area contributed by atoms with Crippen LogP contribution in [0.1, 0.15) is 24.3 Å². The zero-order valence-electron chi connectivity index (χ0n) is 8.06. The van der Waals surface area contributed by atoms with Crippen molar-refractivity contribution in [3.05, 3.63) is 35.9 Å². The number of ether oxygens (including phenoxy) is 1. The van der Waals surface area contributed by atoms with Crippen LogP contribution >= 0.6 is 0 Å². The summed E-state index contributed by atoms with van der Waals surface area (Å²) in [5.41, 5.74) is 1.06. The third-order valence-electron chi connectivity index (χ3n) is 2.70. The van der Waals surface area contributed by atoms with Crippen LogP contribution in [0.2, 0.25) is 0 Å². The SMILES string of the molecule is O=CC(c1ccccc1)[C@H]1CCCO1. The first-order valence-electron chi connectivity index (χ1n) is 5.03. The van der Waals surface area contributed by atoms with Crippen molar-refractivity contribution in [2.24, 2.45) is 0 Å². The lowest BCUT2D eigenvalue weighted by Gasteiger charge is -2.17. The normalized spacial score (nSPS) is 23.3. The summed E-state index contributed by atoms with van der Waals surface area (Å²) in [4.78, 5) is 11.0. The molecule has 0 aromatic heterocycles. The third kappa shape index (κ3) is 1.85. The summed E-state index contributed by atoms with van der Waals surface area (Å²) >= 11 is 0. The summed E-state index contributed by atoms with van der Waals surface area (Å²) < 4.78 is 5.53. The van der Waals surface area contributed by atoms with Gasteiger partial charge in [0.2, 0.25) is 0 Å². The van der Waals surface area contributed by atoms with Crippen molar-refractivity contribution in [1.29, 1.82) is 0 Å². The van der Waals surface area contributed by atoms with E-state index in [0.29, 0.717) is 0 Å². The maximum atomic E-state index is 11.0. The molecule has 0 radical (unpaired) electrons. The molecule has 1 fully saturated rings. The minimum atomic E-state index is -0.0845. The van der Waals surface area contributed by atoms with Crippen LogP contribution in [0, 0.1) is 0 Å². The Bertz CT molecular complexity index is 288. The molecule has 14 heavy (non-hydrogen) atoms. The number of rotatable bonds is 3. The predicted molar refractivity (Wildman–Crippen MR) is 54.2 cm³/mol. The zero-order chi connectivity index (χ0) is 9.80. The highest BCUT2D eigenvalue weighted by Gasteiger charge is 2.26. The topological polar surface area (TPSA) is 26.3 Å². The molecule has 1 heterocycles. The van der Waals surface area contributed by atoms with Gasteiger partial charge in [-0.2, -0.15) is 0 Å². The van der Waals surface area contributed by atoms with E-state index in [0.717, 1.165) is 31.3 Å². The first-order valence-corrected chi connectivity index (χ1v) is 5.03. The number of benzene rings is 1. The Hall–Kier alpha value is -1.15. The molecule has 0 saturated carbocycles. The number of carbonyl (C=O) groups excluding carboxylic acids is 1. The van der Waals surface area contributed by atoms with Gasteiger partial charge in [-0.1, -0.05) is 30.3 Å². The number of aldehydes is 1. The molecule has 1 aromatic carbocycles. The van der Waals surface area contributed by atoms with Gasteiger partial charge in [0.15, 0.2) is 0 Å². The molecule has 0 bridgehead atoms. The Balaban J connectivity index is 2.16. The Morgan fingerprint density at radius 2 is 2.14 bits per heavy atom. The van der Waals surface area contributed by atoms with Crippen molar-refractivity contribution in [1.82, 2.24) is 0 Å². The first-order chi connectivity index (χ1) is 6.92. The third-order valence-corrected chi connectivity index (χ3v) is 2.70. The maximum absolute atomic E-state index is 11.0. The lowest BCUT2D eigenvalue weighted by molar-refractivity contribution is -0.111. The molecule has 1 saturated heterocycles. The molecule has 2 atom stereocenters. The van der Waals surface area contributed by atoms with Gasteiger partial charge in [-0.25, -0.2) is 0 Å². The molecule has 1 aliphatic rings. The summed E-state index contributed by atoms with van der Waals surface area (Å²) in [7, 11) is 0. The molecule has 0 spiro atoms. The van der Waals surface area contributed by atoms with Gasteiger partial charge in [0, 0.05) is 6.61 Å². The Labute approximate surface area is 83.9 Å². The molecule has 2 heteroatoms. The van der Waals surface area contributed by atoms with Gasteiger partial charge in [-0.15, -0.1) is 0 Å². The summed E-state index contributed by atoms with van der Waals surface area (Å²) in [6.45, 7) is 0.793. The lowest BCUT2D eigenvalue weighted by Crippen LogP contribution is -2.18. The first kappa shape index (κ1) is 9.41. The van der Waals surface area contributed by atoms with Crippen LogP contribution in [0.25, 0.3) is 0 Å². The van der Waals surface area contributed by atoms with Crippen LogP contribution in [-0.2, 0) is 9.53 Å². The molecule has 1 aliphatic heterocycles. The van der Waals surface area contributed by atoms with E-state index in [1.165, 1.54) is 0 Å². The second-order valence-corrected chi connectivity index (χ2v) is 3.62. The Kier molecular flexibility index (Phi) is 2.94. The fourth-order valence-corrected chi connectivity index (χ4v) is 1.94. The minimum absolute atomic E-state index is 0.0845. The van der Waals surface area contributed by atoms with E-state index < -0.39 is 0 Å². The summed E-state index contributed by atoms with van der Waals surface area (Å²) in [6, 6.07) is 9.85. The van der Waals surface area contributed by atoms with Gasteiger partial charge in [-0.3, -0.25) is 0 Å². The number of carbonyl (C=O) groups is 1. The quantitative estimate of drug-likeness (QED) is 0.683. The van der Waals surface area contributed by atoms with Crippen molar-refractivity contribution >= 4 is 6.29 Å². The minimum Gasteiger partial charge on any atom is -0.377 e. The zero-order valence-corrected chi connectivity index (χ0v) is 8.06. The molecule has 0 N–H and O–H groups in total. The van der Waals surface area contributed by atoms with Gasteiger partial charge in [-0.05, 0) is 18.4 Å². The van der Waals surface area contributed by atoms with E-state index in [-0.39, 0.29) is 12.0 Å². The molecule has 1 unspecified atom stereocenters. The fraction of sp³-hybridized carbons (Fsp3) is 0.417. The highest BCUT2D eigenvalue weighted by atomic mass is 16.5. The van der Waals surface area contributed by atoms with Crippen LogP contribution in [0.4, 0.5) is 0 Å². The van der Waals surface area contributed by atoms with Gasteiger partial charge in [0.05, 0.1) is 12.0 Å². The van der Waals surface area contributed by atoms with Crippen molar-refractivity contribution in [2.75, 3.05) is 6.61 Å². The number of hydrogen-bond donors (Lipinski definition) is 0. The second-order valence-electron chi connectivity index (χ2n) is 3.62. The Morgan fingerprint density at radius 1 is 1.36 bits per heavy atom. The van der Waals surface area contributed by atoms with Crippen LogP contribution in [0.5, 0.6) is 0 Å². The molecular formula is C12H14O2. The van der Waals surface area contributed by atoms with Gasteiger partial charge in [0.1, 0.15) is 6.29 Å². The molecule has 0 amide bonds. The molecular weight excluding hydrogens is 176 g/mol. The largest absolute Gasteiger partial charge is 0.377 e. The molecule has 1 aromatic rings. The predicted octanol–water partition coefficient (Wildman–Crippen LogP) is 2.15. The summed E-state index contributed by atoms with van der Waals surface area (Å²) in [6.07, 6.45) is 3.17. The van der Waals surface area contributed by atoms with E-state index in [1.807, 2.05) is 30.3 Å². The molecule has 2 rings (SSSR count). The van der Waals surface area contributed by atoms with Gasteiger partial charge in [0.25, 0.3) is 0 Å². The molecule has 2 nitrogen and oxygen atoms in total. The summed E-state index contributed by atoms with van der Waals surface area (Å²) in [5, 5.41) is 0. The summed E-state index contributed by atoms with van der Waals surface area (Å²) in [5.74, 6) is -0.0845. The average molecular weight is 190 g/mol. The highest BCUT2D eigenvalue weighted by Crippen LogP contribution is 2.26. The Morgan fingerprint density at radius 3 is 2.71 bits per heavy atom. The van der Waals surface area contributed by atoms with Crippen molar-refractivity contribution in [2.45, 2.75) is 24.9 Å². The van der Waals surface area contributed by atoms with Crippen LogP contribution in [0.3, 0.4) is 0 Å². The smallest absolute Gasteiger partial charge is 0.130 e. The van der Waals surface area contributed by atoms with Gasteiger partial charge < -0.3 is 9.53 Å². The van der Waals surface area contributed by atoms with Crippen LogP contribution < -0.4 is 0 Å². The fourth-order valence-electron chi connectivity index (χ4n) is 1.94. The monoisotopic (exact) mass is 190 g/mol. The van der Waals surface area contributed by atoms with Gasteiger partial charge >= 0.3 is 0 Å². The standard InChI is InChI=1S/C12H14O2/c13-9-11(12-7-4-8-14-12)10-5-2-1-3-6-10/h1-3,5-6,9,11-12H,4,7-8H2/t11?,12-/m1/s1. The second kappa shape index (κ2) is 4.38. The van der Waals surface area contributed by atoms with Crippen molar-refractivity contribution in [3.8, 4) is 0 Å². The van der Waals surface area contributed by atoms with E-state index in [2.05, 4.69) is 0 Å². The maximum Gasteiger partial charge on any atom is 0.130 e. The highest BCUT2D eigenvalue weighted by molar-refractivity contribution is 5.63. The molecule has 74 valence electrons.